The molecule has 1 aliphatic carbocycles. The van der Waals surface area contributed by atoms with Gasteiger partial charge in [-0.15, -0.1) is 4.40 Å². The van der Waals surface area contributed by atoms with Crippen LogP contribution in [0.25, 0.3) is 11.1 Å². The number of benzene rings is 4. The number of carbonyl (C=O) groups is 3. The van der Waals surface area contributed by atoms with Gasteiger partial charge in [0, 0.05) is 5.92 Å². The number of alkyl carbamates (subject to hydrolysis) is 2. The molecule has 0 saturated carbocycles. The summed E-state index contributed by atoms with van der Waals surface area (Å²) in [5, 5.41) is 4.32. The molecule has 13 heteroatoms. The minimum Gasteiger partial charge on any atom is -0.459 e. The van der Waals surface area contributed by atoms with E-state index in [4.69, 9.17) is 19.9 Å². The molecule has 1 aliphatic rings. The van der Waals surface area contributed by atoms with Crippen LogP contribution in [0.2, 0.25) is 0 Å². The molecule has 0 radical (unpaired) electrons. The lowest BCUT2D eigenvalue weighted by Gasteiger charge is -2.19. The number of fused-ring (bicyclic) bond motifs is 3. The predicted molar refractivity (Wildman–Crippen MR) is 173 cm³/mol. The molecule has 4 aromatic rings. The van der Waals surface area contributed by atoms with E-state index >= 15 is 0 Å². The van der Waals surface area contributed by atoms with E-state index in [1.807, 2.05) is 53.8 Å². The van der Waals surface area contributed by atoms with Gasteiger partial charge in [-0.1, -0.05) is 109 Å². The molecule has 0 aromatic heterocycles. The fourth-order valence-electron chi connectivity index (χ4n) is 5.06. The number of hydrogen-bond donors (Lipinski definition) is 3. The fraction of sp³-hybridized carbons (Fsp3) is 0.176. The van der Waals surface area contributed by atoms with Gasteiger partial charge in [0.25, 0.3) is 10.0 Å². The molecule has 242 valence electrons. The second-order valence-corrected chi connectivity index (χ2v) is 12.2. The third kappa shape index (κ3) is 8.95. The maximum absolute atomic E-state index is 13.1. The Kier molecular flexibility index (Phi) is 10.5. The lowest BCUT2D eigenvalue weighted by molar-refractivity contribution is -0.146. The minimum absolute atomic E-state index is 0.0709. The van der Waals surface area contributed by atoms with Crippen LogP contribution in [0.15, 0.2) is 114 Å². The van der Waals surface area contributed by atoms with Crippen molar-refractivity contribution in [3.05, 3.63) is 131 Å². The van der Waals surface area contributed by atoms with E-state index in [9.17, 15) is 22.8 Å². The third-order valence-electron chi connectivity index (χ3n) is 7.20. The molecule has 0 spiro atoms. The van der Waals surface area contributed by atoms with Crippen LogP contribution in [0.5, 0.6) is 0 Å². The van der Waals surface area contributed by atoms with E-state index in [0.717, 1.165) is 22.3 Å². The number of hydrogen-bond acceptors (Lipinski definition) is 8. The van der Waals surface area contributed by atoms with E-state index in [2.05, 4.69) is 9.71 Å². The van der Waals surface area contributed by atoms with Crippen LogP contribution in [-0.4, -0.2) is 50.9 Å². The highest BCUT2D eigenvalue weighted by atomic mass is 32.2. The van der Waals surface area contributed by atoms with Crippen molar-refractivity contribution in [3.8, 4) is 11.1 Å². The lowest BCUT2D eigenvalue weighted by Crippen LogP contribution is -2.47. The number of amides is 2. The molecule has 0 heterocycles. The van der Waals surface area contributed by atoms with Crippen molar-refractivity contribution in [2.45, 2.75) is 25.2 Å². The first-order chi connectivity index (χ1) is 22.7. The molecule has 1 atom stereocenters. The summed E-state index contributed by atoms with van der Waals surface area (Å²) in [6.07, 6.45) is -2.08. The standard InChI is InChI=1S/C34H32N4O8S/c35-32(37-34(41)45-20-24-13-5-2-6-14-24)38-47(42,43)22-30(31(39)44-19-23-11-3-1-4-12-23)36-33(40)46-21-29-27-17-9-7-15-25(27)26-16-8-10-18-28(26)29/h1-18,29-30H,19-22H2,(H,36,40)(H3,35,37,38,41)/t30-/m0/s1. The number of nitrogens with two attached hydrogens (primary N) is 1. The predicted octanol–water partition coefficient (Wildman–Crippen LogP) is 4.21. The zero-order valence-corrected chi connectivity index (χ0v) is 25.9. The van der Waals surface area contributed by atoms with Gasteiger partial charge in [-0.3, -0.25) is 5.32 Å². The third-order valence-corrected chi connectivity index (χ3v) is 8.43. The Labute approximate surface area is 271 Å². The molecular formula is C34H32N4O8S. The molecule has 0 unspecified atom stereocenters. The molecule has 4 N–H and O–H groups in total. The number of rotatable bonds is 11. The average Bonchev–Trinajstić information content (AvgIpc) is 3.39. The van der Waals surface area contributed by atoms with E-state index in [0.29, 0.717) is 11.1 Å². The van der Waals surface area contributed by atoms with Crippen molar-refractivity contribution in [3.63, 3.8) is 0 Å². The number of ether oxygens (including phenoxy) is 3. The van der Waals surface area contributed by atoms with Gasteiger partial charge in [0.2, 0.25) is 5.96 Å². The number of carbonyl (C=O) groups excluding carboxylic acids is 3. The minimum atomic E-state index is -4.56. The first-order valence-corrected chi connectivity index (χ1v) is 16.2. The van der Waals surface area contributed by atoms with Gasteiger partial charge in [0.1, 0.15) is 31.6 Å². The Bertz CT molecular complexity index is 1820. The molecular weight excluding hydrogens is 624 g/mol. The molecule has 0 bridgehead atoms. The fourth-order valence-corrected chi connectivity index (χ4v) is 6.13. The molecule has 4 aromatic carbocycles. The summed E-state index contributed by atoms with van der Waals surface area (Å²) in [6, 6.07) is 31.3. The first-order valence-electron chi connectivity index (χ1n) is 14.6. The smallest absolute Gasteiger partial charge is 0.414 e. The molecule has 0 aliphatic heterocycles. The number of nitrogens with zero attached hydrogens (tertiary/aromatic N) is 1. The Morgan fingerprint density at radius 1 is 0.702 bits per heavy atom. The van der Waals surface area contributed by atoms with Crippen LogP contribution in [0, 0.1) is 0 Å². The summed E-state index contributed by atoms with van der Waals surface area (Å²) < 4.78 is 45.1. The van der Waals surface area contributed by atoms with Gasteiger partial charge in [-0.05, 0) is 33.4 Å². The number of sulfonamides is 1. The van der Waals surface area contributed by atoms with Crippen LogP contribution in [0.3, 0.4) is 0 Å². The second-order valence-electron chi connectivity index (χ2n) is 10.5. The zero-order chi connectivity index (χ0) is 33.2. The van der Waals surface area contributed by atoms with E-state index in [1.54, 1.807) is 60.7 Å². The number of guanidine groups is 1. The van der Waals surface area contributed by atoms with Gasteiger partial charge >= 0.3 is 18.2 Å². The molecule has 2 amide bonds. The average molecular weight is 657 g/mol. The van der Waals surface area contributed by atoms with Crippen LogP contribution in [0.4, 0.5) is 9.59 Å². The topological polar surface area (TPSA) is 175 Å². The van der Waals surface area contributed by atoms with Crippen molar-refractivity contribution in [2.75, 3.05) is 12.4 Å². The van der Waals surface area contributed by atoms with Gasteiger partial charge in [-0.25, -0.2) is 22.8 Å². The number of nitrogens with one attached hydrogen (secondary N) is 2. The monoisotopic (exact) mass is 656 g/mol. The maximum atomic E-state index is 13.1. The summed E-state index contributed by atoms with van der Waals surface area (Å²) in [4.78, 5) is 38.2. The summed E-state index contributed by atoms with van der Waals surface area (Å²) in [5.74, 6) is -3.14. The van der Waals surface area contributed by atoms with Gasteiger partial charge in [-0.2, -0.15) is 0 Å². The highest BCUT2D eigenvalue weighted by Crippen LogP contribution is 2.44. The quantitative estimate of drug-likeness (QED) is 0.0924. The Balaban J connectivity index is 1.24. The summed E-state index contributed by atoms with van der Waals surface area (Å²) in [6.45, 7) is -0.340. The largest absolute Gasteiger partial charge is 0.459 e. The molecule has 5 rings (SSSR count). The summed E-state index contributed by atoms with van der Waals surface area (Å²) in [5.41, 5.74) is 11.0. The zero-order valence-electron chi connectivity index (χ0n) is 25.1. The lowest BCUT2D eigenvalue weighted by atomic mass is 9.98. The maximum Gasteiger partial charge on any atom is 0.414 e. The summed E-state index contributed by atoms with van der Waals surface area (Å²) in [7, 11) is -4.56. The normalized spacial score (nSPS) is 13.1. The van der Waals surface area contributed by atoms with E-state index < -0.39 is 45.9 Å². The van der Waals surface area contributed by atoms with Crippen molar-refractivity contribution in [1.29, 1.82) is 0 Å². The van der Waals surface area contributed by atoms with Crippen LogP contribution < -0.4 is 16.4 Å². The van der Waals surface area contributed by atoms with Crippen LogP contribution in [-0.2, 0) is 42.2 Å². The SMILES string of the molecule is N/C(=N/S(=O)(=O)C[C@H](NC(=O)OCC1c2ccccc2-c2ccccc21)C(=O)OCc1ccccc1)NC(=O)OCc1ccccc1. The van der Waals surface area contributed by atoms with Crippen molar-refractivity contribution < 1.29 is 37.0 Å². The Morgan fingerprint density at radius 3 is 1.79 bits per heavy atom. The Hall–Kier alpha value is -5.69. The second kappa shape index (κ2) is 15.1. The highest BCUT2D eigenvalue weighted by Gasteiger charge is 2.32. The highest BCUT2D eigenvalue weighted by molar-refractivity contribution is 7.90. The van der Waals surface area contributed by atoms with E-state index in [1.165, 1.54) is 0 Å². The van der Waals surface area contributed by atoms with E-state index in [-0.39, 0.29) is 25.7 Å². The van der Waals surface area contributed by atoms with Gasteiger partial charge < -0.3 is 25.3 Å². The van der Waals surface area contributed by atoms with Crippen molar-refractivity contribution in [1.82, 2.24) is 10.6 Å². The molecule has 12 nitrogen and oxygen atoms in total. The number of esters is 1. The molecule has 0 saturated heterocycles. The summed E-state index contributed by atoms with van der Waals surface area (Å²) >= 11 is 0. The van der Waals surface area contributed by atoms with Gasteiger partial charge in [0.05, 0.1) is 0 Å². The first kappa shape index (κ1) is 32.7. The van der Waals surface area contributed by atoms with Crippen LogP contribution >= 0.6 is 0 Å². The van der Waals surface area contributed by atoms with Crippen molar-refractivity contribution in [2.24, 2.45) is 10.1 Å². The molecule has 0 fully saturated rings. The van der Waals surface area contributed by atoms with Crippen molar-refractivity contribution >= 4 is 34.1 Å². The van der Waals surface area contributed by atoms with Crippen LogP contribution in [0.1, 0.15) is 28.2 Å². The Morgan fingerprint density at radius 2 is 1.21 bits per heavy atom. The van der Waals surface area contributed by atoms with Gasteiger partial charge in [0.15, 0.2) is 0 Å². The molecule has 47 heavy (non-hydrogen) atoms.